The molecular weight excluding hydrogens is 267 g/mol. The first kappa shape index (κ1) is 13.8. The first-order valence-corrected chi connectivity index (χ1v) is 5.81. The van der Waals surface area contributed by atoms with Crippen LogP contribution in [0.4, 0.5) is 15.8 Å². The maximum absolute atomic E-state index is 13.7. The number of nitro benzene ring substituents is 1. The molecule has 2 aromatic rings. The van der Waals surface area contributed by atoms with E-state index in [0.29, 0.717) is 5.69 Å². The fourth-order valence-corrected chi connectivity index (χ4v) is 1.84. The van der Waals surface area contributed by atoms with Crippen molar-refractivity contribution in [2.75, 3.05) is 5.32 Å². The fourth-order valence-electron chi connectivity index (χ4n) is 1.84. The van der Waals surface area contributed by atoms with Crippen LogP contribution in [0.2, 0.25) is 0 Å². The minimum absolute atomic E-state index is 0.00480. The van der Waals surface area contributed by atoms with E-state index < -0.39 is 16.8 Å². The molecule has 1 aromatic heterocycles. The maximum atomic E-state index is 13.7. The van der Waals surface area contributed by atoms with Crippen molar-refractivity contribution < 1.29 is 14.4 Å². The molecule has 1 heterocycles. The van der Waals surface area contributed by atoms with Gasteiger partial charge in [0.1, 0.15) is 5.69 Å². The molecule has 106 valence electrons. The quantitative estimate of drug-likeness (QED) is 0.662. The number of hydrogen-bond donors (Lipinski definition) is 2. The fraction of sp³-hybridized carbons (Fsp3) is 0.250. The topological polar surface area (TPSA) is 93.2 Å². The minimum atomic E-state index is -0.735. The van der Waals surface area contributed by atoms with Crippen molar-refractivity contribution in [2.24, 2.45) is 7.05 Å². The maximum Gasteiger partial charge on any atom is 0.272 e. The van der Waals surface area contributed by atoms with Gasteiger partial charge in [0.25, 0.3) is 5.69 Å². The van der Waals surface area contributed by atoms with Gasteiger partial charge in [0.05, 0.1) is 28.9 Å². The standard InChI is InChI=1S/C12H13FN4O3/c1-7(12-11(18)6-16(2)15-12)14-10-4-3-8(17(19)20)5-9(10)13/h3-7,14,18H,1-2H3. The van der Waals surface area contributed by atoms with Crippen molar-refractivity contribution in [1.82, 2.24) is 9.78 Å². The smallest absolute Gasteiger partial charge is 0.272 e. The molecule has 2 N–H and O–H groups in total. The molecule has 0 radical (unpaired) electrons. The Bertz CT molecular complexity index is 656. The van der Waals surface area contributed by atoms with Crippen LogP contribution in [0.15, 0.2) is 24.4 Å². The molecule has 8 heteroatoms. The Hall–Kier alpha value is -2.64. The van der Waals surface area contributed by atoms with Crippen LogP contribution in [-0.4, -0.2) is 19.8 Å². The number of non-ortho nitro benzene ring substituents is 1. The van der Waals surface area contributed by atoms with Gasteiger partial charge < -0.3 is 10.4 Å². The lowest BCUT2D eigenvalue weighted by atomic mass is 10.2. The van der Waals surface area contributed by atoms with Gasteiger partial charge in [-0.25, -0.2) is 4.39 Å². The first-order chi connectivity index (χ1) is 9.38. The normalized spacial score (nSPS) is 12.2. The molecule has 0 amide bonds. The summed E-state index contributed by atoms with van der Waals surface area (Å²) in [7, 11) is 1.66. The van der Waals surface area contributed by atoms with Crippen LogP contribution in [0.3, 0.4) is 0 Å². The van der Waals surface area contributed by atoms with Crippen molar-refractivity contribution in [3.63, 3.8) is 0 Å². The summed E-state index contributed by atoms with van der Waals surface area (Å²) >= 11 is 0. The van der Waals surface area contributed by atoms with E-state index >= 15 is 0 Å². The molecule has 0 spiro atoms. The number of aromatic nitrogens is 2. The Morgan fingerprint density at radius 3 is 2.75 bits per heavy atom. The highest BCUT2D eigenvalue weighted by Gasteiger charge is 2.17. The lowest BCUT2D eigenvalue weighted by molar-refractivity contribution is -0.385. The van der Waals surface area contributed by atoms with Crippen molar-refractivity contribution in [1.29, 1.82) is 0 Å². The summed E-state index contributed by atoms with van der Waals surface area (Å²) < 4.78 is 15.2. The van der Waals surface area contributed by atoms with Gasteiger partial charge in [-0.3, -0.25) is 14.8 Å². The Balaban J connectivity index is 2.22. The average Bonchev–Trinajstić information content (AvgIpc) is 2.70. The molecular formula is C12H13FN4O3. The summed E-state index contributed by atoms with van der Waals surface area (Å²) in [6.45, 7) is 1.70. The van der Waals surface area contributed by atoms with E-state index in [1.807, 2.05) is 0 Å². The number of nitrogens with zero attached hydrogens (tertiary/aromatic N) is 3. The Morgan fingerprint density at radius 1 is 1.55 bits per heavy atom. The van der Waals surface area contributed by atoms with Crippen molar-refractivity contribution in [3.05, 3.63) is 46.0 Å². The van der Waals surface area contributed by atoms with E-state index in [-0.39, 0.29) is 17.1 Å². The molecule has 1 atom stereocenters. The van der Waals surface area contributed by atoms with E-state index in [1.165, 1.54) is 23.0 Å². The van der Waals surface area contributed by atoms with Crippen LogP contribution >= 0.6 is 0 Å². The van der Waals surface area contributed by atoms with E-state index in [4.69, 9.17) is 0 Å². The second-order valence-corrected chi connectivity index (χ2v) is 4.36. The molecule has 0 aliphatic heterocycles. The number of aromatic hydroxyl groups is 1. The number of hydrogen-bond acceptors (Lipinski definition) is 5. The van der Waals surface area contributed by atoms with E-state index in [0.717, 1.165) is 6.07 Å². The zero-order chi connectivity index (χ0) is 14.9. The van der Waals surface area contributed by atoms with Crippen LogP contribution in [0, 0.1) is 15.9 Å². The van der Waals surface area contributed by atoms with Gasteiger partial charge in [-0.05, 0) is 13.0 Å². The van der Waals surface area contributed by atoms with E-state index in [9.17, 15) is 19.6 Å². The predicted molar refractivity (Wildman–Crippen MR) is 70.0 cm³/mol. The summed E-state index contributed by atoms with van der Waals surface area (Å²) in [5.74, 6) is -0.740. The molecule has 1 aromatic carbocycles. The number of anilines is 1. The summed E-state index contributed by atoms with van der Waals surface area (Å²) in [4.78, 5) is 9.86. The molecule has 0 bridgehead atoms. The number of rotatable bonds is 4. The van der Waals surface area contributed by atoms with E-state index in [2.05, 4.69) is 10.4 Å². The Labute approximate surface area is 113 Å². The molecule has 0 saturated heterocycles. The molecule has 0 aliphatic carbocycles. The second-order valence-electron chi connectivity index (χ2n) is 4.36. The van der Waals surface area contributed by atoms with Gasteiger partial charge >= 0.3 is 0 Å². The molecule has 0 aliphatic rings. The van der Waals surface area contributed by atoms with Crippen LogP contribution in [0.1, 0.15) is 18.7 Å². The third-order valence-corrected chi connectivity index (χ3v) is 2.78. The molecule has 1 unspecified atom stereocenters. The third-order valence-electron chi connectivity index (χ3n) is 2.78. The lowest BCUT2D eigenvalue weighted by Crippen LogP contribution is -2.09. The average molecular weight is 280 g/mol. The Morgan fingerprint density at radius 2 is 2.25 bits per heavy atom. The highest BCUT2D eigenvalue weighted by atomic mass is 19.1. The SMILES string of the molecule is CC(Nc1ccc([N+](=O)[O-])cc1F)c1nn(C)cc1O. The van der Waals surface area contributed by atoms with Crippen molar-refractivity contribution >= 4 is 11.4 Å². The highest BCUT2D eigenvalue weighted by molar-refractivity contribution is 5.51. The summed E-state index contributed by atoms with van der Waals surface area (Å²) in [6.07, 6.45) is 1.43. The molecule has 0 fully saturated rings. The van der Waals surface area contributed by atoms with Gasteiger partial charge in [0, 0.05) is 13.1 Å². The molecule has 7 nitrogen and oxygen atoms in total. The molecule has 0 saturated carbocycles. The molecule has 2 rings (SSSR count). The number of benzene rings is 1. The predicted octanol–water partition coefficient (Wildman–Crippen LogP) is 2.35. The van der Waals surface area contributed by atoms with Gasteiger partial charge in [-0.15, -0.1) is 0 Å². The Kier molecular flexibility index (Phi) is 3.55. The highest BCUT2D eigenvalue weighted by Crippen LogP contribution is 2.27. The zero-order valence-electron chi connectivity index (χ0n) is 10.9. The number of nitrogens with one attached hydrogen (secondary N) is 1. The van der Waals surface area contributed by atoms with Gasteiger partial charge in [0.15, 0.2) is 11.6 Å². The van der Waals surface area contributed by atoms with Gasteiger partial charge in [0.2, 0.25) is 0 Å². The summed E-state index contributed by atoms with van der Waals surface area (Å²) in [6, 6.07) is 2.88. The van der Waals surface area contributed by atoms with Crippen LogP contribution in [-0.2, 0) is 7.05 Å². The zero-order valence-corrected chi connectivity index (χ0v) is 10.9. The minimum Gasteiger partial charge on any atom is -0.504 e. The number of halogens is 1. The van der Waals surface area contributed by atoms with Crippen molar-refractivity contribution in [2.45, 2.75) is 13.0 Å². The van der Waals surface area contributed by atoms with Crippen LogP contribution in [0.25, 0.3) is 0 Å². The van der Waals surface area contributed by atoms with Gasteiger partial charge in [-0.2, -0.15) is 5.10 Å². The van der Waals surface area contributed by atoms with E-state index in [1.54, 1.807) is 14.0 Å². The summed E-state index contributed by atoms with van der Waals surface area (Å²) in [5, 5.41) is 27.1. The van der Waals surface area contributed by atoms with Crippen molar-refractivity contribution in [3.8, 4) is 5.75 Å². The first-order valence-electron chi connectivity index (χ1n) is 5.81. The molecule has 20 heavy (non-hydrogen) atoms. The largest absolute Gasteiger partial charge is 0.504 e. The number of nitro groups is 1. The monoisotopic (exact) mass is 280 g/mol. The summed E-state index contributed by atoms with van der Waals surface area (Å²) in [5.41, 5.74) is 0.153. The second kappa shape index (κ2) is 5.16. The third kappa shape index (κ3) is 2.68. The van der Waals surface area contributed by atoms with Crippen LogP contribution in [0.5, 0.6) is 5.75 Å². The lowest BCUT2D eigenvalue weighted by Gasteiger charge is -2.14. The van der Waals surface area contributed by atoms with Gasteiger partial charge in [-0.1, -0.05) is 0 Å². The number of aryl methyl sites for hydroxylation is 1. The van der Waals surface area contributed by atoms with Crippen LogP contribution < -0.4 is 5.32 Å².